The van der Waals surface area contributed by atoms with Crippen molar-refractivity contribution in [2.24, 2.45) is 0 Å². The number of rotatable bonds is 5. The lowest BCUT2D eigenvalue weighted by Gasteiger charge is -2.27. The van der Waals surface area contributed by atoms with Gasteiger partial charge in [0.15, 0.2) is 0 Å². The van der Waals surface area contributed by atoms with Gasteiger partial charge < -0.3 is 10.1 Å². The molecule has 1 fully saturated rings. The van der Waals surface area contributed by atoms with Crippen molar-refractivity contribution in [3.05, 3.63) is 28.2 Å². The van der Waals surface area contributed by atoms with Crippen LogP contribution < -0.4 is 10.1 Å². The highest BCUT2D eigenvalue weighted by Crippen LogP contribution is 2.39. The second-order valence-electron chi connectivity index (χ2n) is 5.92. The molecule has 1 aromatic rings. The van der Waals surface area contributed by atoms with Crippen LogP contribution in [0.5, 0.6) is 5.75 Å². The lowest BCUT2D eigenvalue weighted by atomic mass is 10.1. The molecule has 4 heteroatoms. The molecular weight excluding hydrogens is 334 g/mol. The van der Waals surface area contributed by atoms with Gasteiger partial charge in [0.05, 0.1) is 0 Å². The van der Waals surface area contributed by atoms with Gasteiger partial charge in [-0.25, -0.2) is 0 Å². The van der Waals surface area contributed by atoms with Gasteiger partial charge in [0.2, 0.25) is 0 Å². The van der Waals surface area contributed by atoms with Crippen LogP contribution >= 0.6 is 27.7 Å². The van der Waals surface area contributed by atoms with E-state index in [0.717, 1.165) is 29.7 Å². The SMILES string of the molecule is CSC1(CNCC2Cc3cc(Br)ccc3O2)CCCC1. The molecular formula is C16H22BrNOS. The Morgan fingerprint density at radius 2 is 2.20 bits per heavy atom. The van der Waals surface area contributed by atoms with Crippen LogP contribution in [0.3, 0.4) is 0 Å². The monoisotopic (exact) mass is 355 g/mol. The number of benzene rings is 1. The first kappa shape index (κ1) is 14.7. The fraction of sp³-hybridized carbons (Fsp3) is 0.625. The smallest absolute Gasteiger partial charge is 0.123 e. The molecule has 1 saturated carbocycles. The summed E-state index contributed by atoms with van der Waals surface area (Å²) < 4.78 is 7.62. The van der Waals surface area contributed by atoms with E-state index < -0.39 is 0 Å². The number of nitrogens with one attached hydrogen (secondary N) is 1. The van der Waals surface area contributed by atoms with E-state index in [0.29, 0.717) is 10.9 Å². The van der Waals surface area contributed by atoms with Crippen LogP contribution in [0.25, 0.3) is 0 Å². The number of thioether (sulfide) groups is 1. The molecule has 2 nitrogen and oxygen atoms in total. The van der Waals surface area contributed by atoms with Gasteiger partial charge in [-0.2, -0.15) is 11.8 Å². The predicted octanol–water partition coefficient (Wildman–Crippen LogP) is 4.02. The summed E-state index contributed by atoms with van der Waals surface area (Å²) in [6.45, 7) is 2.07. The summed E-state index contributed by atoms with van der Waals surface area (Å²) in [5.74, 6) is 1.06. The molecule has 0 spiro atoms. The van der Waals surface area contributed by atoms with E-state index >= 15 is 0 Å². The van der Waals surface area contributed by atoms with E-state index in [9.17, 15) is 0 Å². The molecule has 1 aliphatic carbocycles. The van der Waals surface area contributed by atoms with Gasteiger partial charge in [-0.1, -0.05) is 28.8 Å². The molecule has 1 unspecified atom stereocenters. The second-order valence-corrected chi connectivity index (χ2v) is 8.11. The summed E-state index contributed by atoms with van der Waals surface area (Å²) in [7, 11) is 0. The number of fused-ring (bicyclic) bond motifs is 1. The predicted molar refractivity (Wildman–Crippen MR) is 89.8 cm³/mol. The van der Waals surface area contributed by atoms with Crippen LogP contribution in [0.4, 0.5) is 0 Å². The third-order valence-corrected chi connectivity index (χ3v) is 6.44. The summed E-state index contributed by atoms with van der Waals surface area (Å²) in [4.78, 5) is 0. The highest BCUT2D eigenvalue weighted by atomic mass is 79.9. The first-order valence-corrected chi connectivity index (χ1v) is 9.43. The summed E-state index contributed by atoms with van der Waals surface area (Å²) in [5.41, 5.74) is 1.33. The molecule has 1 heterocycles. The molecule has 2 aliphatic rings. The molecule has 1 aliphatic heterocycles. The molecule has 0 amide bonds. The number of hydrogen-bond donors (Lipinski definition) is 1. The van der Waals surface area contributed by atoms with E-state index in [1.807, 2.05) is 11.8 Å². The molecule has 20 heavy (non-hydrogen) atoms. The third-order valence-electron chi connectivity index (χ3n) is 4.53. The Hall–Kier alpha value is -0.190. The largest absolute Gasteiger partial charge is 0.488 e. The molecule has 0 radical (unpaired) electrons. The van der Waals surface area contributed by atoms with Gasteiger partial charge in [0, 0.05) is 28.7 Å². The minimum atomic E-state index is 0.291. The zero-order valence-corrected chi connectivity index (χ0v) is 14.4. The van der Waals surface area contributed by atoms with Gasteiger partial charge in [-0.15, -0.1) is 0 Å². The fourth-order valence-electron chi connectivity index (χ4n) is 3.34. The van der Waals surface area contributed by atoms with Crippen molar-refractivity contribution in [1.82, 2.24) is 5.32 Å². The van der Waals surface area contributed by atoms with Crippen LogP contribution in [-0.2, 0) is 6.42 Å². The lowest BCUT2D eigenvalue weighted by Crippen LogP contribution is -2.39. The van der Waals surface area contributed by atoms with Gasteiger partial charge in [0.1, 0.15) is 11.9 Å². The van der Waals surface area contributed by atoms with Gasteiger partial charge in [-0.05, 0) is 42.9 Å². The number of hydrogen-bond acceptors (Lipinski definition) is 3. The molecule has 1 atom stereocenters. The standard InChI is InChI=1S/C16H22BrNOS/c1-20-16(6-2-3-7-16)11-18-10-14-9-12-8-13(17)4-5-15(12)19-14/h4-5,8,14,18H,2-3,6-7,9-11H2,1H3. The Kier molecular flexibility index (Phi) is 4.63. The van der Waals surface area contributed by atoms with Gasteiger partial charge in [-0.3, -0.25) is 0 Å². The van der Waals surface area contributed by atoms with Gasteiger partial charge >= 0.3 is 0 Å². The third kappa shape index (κ3) is 3.18. The normalized spacial score (nSPS) is 23.6. The van der Waals surface area contributed by atoms with Crippen molar-refractivity contribution in [2.45, 2.75) is 43.0 Å². The quantitative estimate of drug-likeness (QED) is 0.861. The van der Waals surface area contributed by atoms with Crippen molar-refractivity contribution in [3.8, 4) is 5.75 Å². The van der Waals surface area contributed by atoms with E-state index in [1.165, 1.54) is 31.2 Å². The molecule has 3 rings (SSSR count). The van der Waals surface area contributed by atoms with E-state index in [4.69, 9.17) is 4.74 Å². The number of halogens is 1. The first-order valence-electron chi connectivity index (χ1n) is 7.42. The lowest BCUT2D eigenvalue weighted by molar-refractivity contribution is 0.226. The van der Waals surface area contributed by atoms with Crippen LogP contribution in [0, 0.1) is 0 Å². The maximum Gasteiger partial charge on any atom is 0.123 e. The molecule has 0 saturated heterocycles. The highest BCUT2D eigenvalue weighted by Gasteiger charge is 2.33. The van der Waals surface area contributed by atoms with Crippen molar-refractivity contribution < 1.29 is 4.74 Å². The number of ether oxygens (including phenoxy) is 1. The Morgan fingerprint density at radius 3 is 2.95 bits per heavy atom. The zero-order valence-electron chi connectivity index (χ0n) is 12.0. The second kappa shape index (κ2) is 6.29. The average molecular weight is 356 g/mol. The Bertz CT molecular complexity index is 474. The van der Waals surface area contributed by atoms with Crippen molar-refractivity contribution in [1.29, 1.82) is 0 Å². The Morgan fingerprint density at radius 1 is 1.40 bits per heavy atom. The fourth-order valence-corrected chi connectivity index (χ4v) is 4.69. The Balaban J connectivity index is 1.49. The summed E-state index contributed by atoms with van der Waals surface area (Å²) in [6, 6.07) is 6.30. The Labute approximate surface area is 134 Å². The minimum absolute atomic E-state index is 0.291. The van der Waals surface area contributed by atoms with Crippen LogP contribution in [-0.4, -0.2) is 30.2 Å². The van der Waals surface area contributed by atoms with E-state index in [2.05, 4.69) is 45.7 Å². The van der Waals surface area contributed by atoms with E-state index in [1.54, 1.807) is 0 Å². The maximum absolute atomic E-state index is 6.00. The summed E-state index contributed by atoms with van der Waals surface area (Å²) in [6.07, 6.45) is 9.07. The van der Waals surface area contributed by atoms with Crippen molar-refractivity contribution >= 4 is 27.7 Å². The highest BCUT2D eigenvalue weighted by molar-refractivity contribution is 9.10. The molecule has 1 aromatic carbocycles. The van der Waals surface area contributed by atoms with Gasteiger partial charge in [0.25, 0.3) is 0 Å². The molecule has 0 bridgehead atoms. The average Bonchev–Trinajstić information content (AvgIpc) is 3.05. The maximum atomic E-state index is 6.00. The van der Waals surface area contributed by atoms with Crippen molar-refractivity contribution in [2.75, 3.05) is 19.3 Å². The molecule has 1 N–H and O–H groups in total. The van der Waals surface area contributed by atoms with Crippen LogP contribution in [0.2, 0.25) is 0 Å². The first-order chi connectivity index (χ1) is 9.71. The van der Waals surface area contributed by atoms with Crippen molar-refractivity contribution in [3.63, 3.8) is 0 Å². The van der Waals surface area contributed by atoms with Crippen LogP contribution in [0.15, 0.2) is 22.7 Å². The van der Waals surface area contributed by atoms with Crippen LogP contribution in [0.1, 0.15) is 31.2 Å². The van der Waals surface area contributed by atoms with E-state index in [-0.39, 0.29) is 0 Å². The zero-order chi connectivity index (χ0) is 14.0. The minimum Gasteiger partial charge on any atom is -0.488 e. The summed E-state index contributed by atoms with van der Waals surface area (Å²) >= 11 is 5.57. The molecule has 110 valence electrons. The molecule has 0 aromatic heterocycles. The topological polar surface area (TPSA) is 21.3 Å². The summed E-state index contributed by atoms with van der Waals surface area (Å²) in [5, 5.41) is 3.65.